The number of benzene rings is 1. The molecule has 0 saturated carbocycles. The number of aromatic nitrogens is 2. The van der Waals surface area contributed by atoms with Crippen LogP contribution in [0.1, 0.15) is 32.0 Å². The third kappa shape index (κ3) is 3.94. The molecule has 4 nitrogen and oxygen atoms in total. The summed E-state index contributed by atoms with van der Waals surface area (Å²) in [5.41, 5.74) is 2.66. The van der Waals surface area contributed by atoms with Crippen molar-refractivity contribution in [1.82, 2.24) is 14.5 Å². The van der Waals surface area contributed by atoms with Crippen LogP contribution in [-0.4, -0.2) is 41.1 Å². The number of nitrogens with zero attached hydrogens (tertiary/aromatic N) is 4. The summed E-state index contributed by atoms with van der Waals surface area (Å²) in [6.45, 7) is 8.87. The molecule has 0 radical (unpaired) electrons. The Hall–Kier alpha value is -1.81. The second-order valence-electron chi connectivity index (χ2n) is 7.02. The van der Waals surface area contributed by atoms with E-state index in [0.717, 1.165) is 25.6 Å². The number of imidazole rings is 1. The van der Waals surface area contributed by atoms with Crippen molar-refractivity contribution in [3.05, 3.63) is 48.5 Å². The standard InChI is InChI=1S/C19H28N4/c1-16(2)23-15-20-11-19(23)14-21(3)12-17-9-10-22(13-17)18-7-5-4-6-8-18/h4-8,11,15-17H,9-10,12-14H2,1-3H3. The van der Waals surface area contributed by atoms with Crippen molar-refractivity contribution in [3.63, 3.8) is 0 Å². The van der Waals surface area contributed by atoms with E-state index in [0.29, 0.717) is 6.04 Å². The molecule has 0 amide bonds. The fourth-order valence-corrected chi connectivity index (χ4v) is 3.56. The molecule has 2 heterocycles. The smallest absolute Gasteiger partial charge is 0.0951 e. The summed E-state index contributed by atoms with van der Waals surface area (Å²) in [6.07, 6.45) is 5.23. The lowest BCUT2D eigenvalue weighted by molar-refractivity contribution is 0.271. The van der Waals surface area contributed by atoms with Gasteiger partial charge in [0.15, 0.2) is 0 Å². The molecular formula is C19H28N4. The molecule has 1 aromatic heterocycles. The van der Waals surface area contributed by atoms with E-state index in [1.54, 1.807) is 0 Å². The van der Waals surface area contributed by atoms with Crippen LogP contribution in [0.2, 0.25) is 0 Å². The Labute approximate surface area is 139 Å². The summed E-state index contributed by atoms with van der Waals surface area (Å²) in [7, 11) is 2.23. The van der Waals surface area contributed by atoms with E-state index in [-0.39, 0.29) is 0 Å². The summed E-state index contributed by atoms with van der Waals surface area (Å²) < 4.78 is 2.27. The highest BCUT2D eigenvalue weighted by molar-refractivity contribution is 5.46. The van der Waals surface area contributed by atoms with Gasteiger partial charge in [-0.25, -0.2) is 4.98 Å². The summed E-state index contributed by atoms with van der Waals surface area (Å²) in [5, 5.41) is 0. The fraction of sp³-hybridized carbons (Fsp3) is 0.526. The van der Waals surface area contributed by atoms with Gasteiger partial charge in [0.25, 0.3) is 0 Å². The normalized spacial score (nSPS) is 18.3. The Balaban J connectivity index is 1.53. The van der Waals surface area contributed by atoms with Crippen LogP contribution in [0.5, 0.6) is 0 Å². The molecule has 1 unspecified atom stereocenters. The number of para-hydroxylation sites is 1. The first-order chi connectivity index (χ1) is 11.1. The molecule has 1 atom stereocenters. The first-order valence-electron chi connectivity index (χ1n) is 8.62. The van der Waals surface area contributed by atoms with E-state index in [4.69, 9.17) is 0 Å². The summed E-state index contributed by atoms with van der Waals surface area (Å²) in [6, 6.07) is 11.2. The average molecular weight is 312 g/mol. The lowest BCUT2D eigenvalue weighted by atomic mass is 10.1. The zero-order valence-electron chi connectivity index (χ0n) is 14.5. The highest BCUT2D eigenvalue weighted by Crippen LogP contribution is 2.24. The minimum Gasteiger partial charge on any atom is -0.371 e. The Morgan fingerprint density at radius 1 is 1.26 bits per heavy atom. The van der Waals surface area contributed by atoms with Crippen LogP contribution < -0.4 is 4.90 Å². The van der Waals surface area contributed by atoms with Gasteiger partial charge < -0.3 is 14.4 Å². The van der Waals surface area contributed by atoms with Crippen LogP contribution in [0.3, 0.4) is 0 Å². The average Bonchev–Trinajstić information content (AvgIpc) is 3.17. The van der Waals surface area contributed by atoms with Gasteiger partial charge in [-0.1, -0.05) is 18.2 Å². The number of anilines is 1. The minimum atomic E-state index is 0.473. The maximum atomic E-state index is 4.31. The Morgan fingerprint density at radius 3 is 2.78 bits per heavy atom. The predicted molar refractivity (Wildman–Crippen MR) is 95.7 cm³/mol. The quantitative estimate of drug-likeness (QED) is 0.817. The summed E-state index contributed by atoms with van der Waals surface area (Å²) >= 11 is 0. The highest BCUT2D eigenvalue weighted by atomic mass is 15.2. The maximum Gasteiger partial charge on any atom is 0.0951 e. The third-order valence-electron chi connectivity index (χ3n) is 4.71. The van der Waals surface area contributed by atoms with Crippen molar-refractivity contribution < 1.29 is 0 Å². The molecule has 3 rings (SSSR count). The molecule has 23 heavy (non-hydrogen) atoms. The maximum absolute atomic E-state index is 4.31. The topological polar surface area (TPSA) is 24.3 Å². The van der Waals surface area contributed by atoms with Gasteiger partial charge in [0.1, 0.15) is 0 Å². The number of rotatable bonds is 6. The van der Waals surface area contributed by atoms with Gasteiger partial charge in [-0.3, -0.25) is 0 Å². The molecule has 0 bridgehead atoms. The largest absolute Gasteiger partial charge is 0.371 e. The molecule has 0 N–H and O–H groups in total. The van der Waals surface area contributed by atoms with Crippen molar-refractivity contribution >= 4 is 5.69 Å². The molecule has 4 heteroatoms. The minimum absolute atomic E-state index is 0.473. The van der Waals surface area contributed by atoms with Gasteiger partial charge in [-0.15, -0.1) is 0 Å². The van der Waals surface area contributed by atoms with Crippen molar-refractivity contribution in [2.45, 2.75) is 32.9 Å². The molecule has 1 aliphatic rings. The van der Waals surface area contributed by atoms with Gasteiger partial charge >= 0.3 is 0 Å². The molecule has 1 aliphatic heterocycles. The van der Waals surface area contributed by atoms with Crippen molar-refractivity contribution in [2.24, 2.45) is 5.92 Å². The molecule has 0 aliphatic carbocycles. The second-order valence-corrected chi connectivity index (χ2v) is 7.02. The van der Waals surface area contributed by atoms with E-state index >= 15 is 0 Å². The second kappa shape index (κ2) is 7.18. The van der Waals surface area contributed by atoms with Crippen LogP contribution >= 0.6 is 0 Å². The lowest BCUT2D eigenvalue weighted by Gasteiger charge is -2.23. The molecule has 0 spiro atoms. The highest BCUT2D eigenvalue weighted by Gasteiger charge is 2.24. The van der Waals surface area contributed by atoms with Crippen molar-refractivity contribution in [2.75, 3.05) is 31.6 Å². The monoisotopic (exact) mass is 312 g/mol. The lowest BCUT2D eigenvalue weighted by Crippen LogP contribution is -2.28. The van der Waals surface area contributed by atoms with Crippen LogP contribution in [0.4, 0.5) is 5.69 Å². The Kier molecular flexibility index (Phi) is 5.01. The first-order valence-corrected chi connectivity index (χ1v) is 8.62. The third-order valence-corrected chi connectivity index (χ3v) is 4.71. The van der Waals surface area contributed by atoms with Crippen molar-refractivity contribution in [3.8, 4) is 0 Å². The van der Waals surface area contributed by atoms with E-state index in [2.05, 4.69) is 70.6 Å². The number of hydrogen-bond acceptors (Lipinski definition) is 3. The van der Waals surface area contributed by atoms with Crippen LogP contribution in [0.25, 0.3) is 0 Å². The summed E-state index contributed by atoms with van der Waals surface area (Å²) in [4.78, 5) is 9.26. The van der Waals surface area contributed by atoms with E-state index in [1.807, 2.05) is 12.5 Å². The molecule has 1 fully saturated rings. The van der Waals surface area contributed by atoms with Gasteiger partial charge in [0.05, 0.1) is 12.0 Å². The van der Waals surface area contributed by atoms with E-state index in [9.17, 15) is 0 Å². The van der Waals surface area contributed by atoms with Crippen molar-refractivity contribution in [1.29, 1.82) is 0 Å². The number of hydrogen-bond donors (Lipinski definition) is 0. The first kappa shape index (κ1) is 16.1. The van der Waals surface area contributed by atoms with Crippen LogP contribution in [0, 0.1) is 5.92 Å². The molecular weight excluding hydrogens is 284 g/mol. The predicted octanol–water partition coefficient (Wildman–Crippen LogP) is 3.42. The molecule has 124 valence electrons. The van der Waals surface area contributed by atoms with Crippen LogP contribution in [0.15, 0.2) is 42.9 Å². The van der Waals surface area contributed by atoms with Crippen LogP contribution in [-0.2, 0) is 6.54 Å². The van der Waals surface area contributed by atoms with E-state index in [1.165, 1.54) is 24.3 Å². The molecule has 1 saturated heterocycles. The van der Waals surface area contributed by atoms with Gasteiger partial charge in [-0.05, 0) is 45.4 Å². The molecule has 1 aromatic carbocycles. The zero-order chi connectivity index (χ0) is 16.2. The van der Waals surface area contributed by atoms with Gasteiger partial charge in [0.2, 0.25) is 0 Å². The molecule has 2 aromatic rings. The van der Waals surface area contributed by atoms with E-state index < -0.39 is 0 Å². The van der Waals surface area contributed by atoms with Gasteiger partial charge in [0, 0.05) is 44.1 Å². The fourth-order valence-electron chi connectivity index (χ4n) is 3.56. The SMILES string of the molecule is CC(C)n1cncc1CN(C)CC1CCN(c2ccccc2)C1. The summed E-state index contributed by atoms with van der Waals surface area (Å²) in [5.74, 6) is 0.746. The van der Waals surface area contributed by atoms with Gasteiger partial charge in [-0.2, -0.15) is 0 Å². The Bertz CT molecular complexity index is 605. The zero-order valence-corrected chi connectivity index (χ0v) is 14.5. The Morgan fingerprint density at radius 2 is 2.04 bits per heavy atom.